The quantitative estimate of drug-likeness (QED) is 0.773. The molecule has 2 N–H and O–H groups in total. The standard InChI is InChI=1S/C18H17N3O2/c1-18(2,17(22)23)14-7-5-12(6-8-14)15-11-20-21-16(15)13-4-3-9-19-10-13/h3-11H,1-2H3,(H,20,21)(H,22,23). The molecule has 23 heavy (non-hydrogen) atoms. The molecular weight excluding hydrogens is 290 g/mol. The predicted octanol–water partition coefficient (Wildman–Crippen LogP) is 3.50. The second kappa shape index (κ2) is 5.68. The van der Waals surface area contributed by atoms with Gasteiger partial charge < -0.3 is 5.11 Å². The average molecular weight is 307 g/mol. The van der Waals surface area contributed by atoms with Crippen molar-refractivity contribution in [2.24, 2.45) is 0 Å². The molecule has 2 aromatic heterocycles. The van der Waals surface area contributed by atoms with E-state index in [4.69, 9.17) is 0 Å². The van der Waals surface area contributed by atoms with Crippen molar-refractivity contribution < 1.29 is 9.90 Å². The van der Waals surface area contributed by atoms with Crippen molar-refractivity contribution in [2.45, 2.75) is 19.3 Å². The summed E-state index contributed by atoms with van der Waals surface area (Å²) in [6.07, 6.45) is 5.26. The molecule has 0 saturated heterocycles. The highest BCUT2D eigenvalue weighted by atomic mass is 16.4. The lowest BCUT2D eigenvalue weighted by molar-refractivity contribution is -0.142. The number of pyridine rings is 1. The Morgan fingerprint density at radius 2 is 1.83 bits per heavy atom. The first-order chi connectivity index (χ1) is 11.0. The van der Waals surface area contributed by atoms with E-state index in [2.05, 4.69) is 15.2 Å². The zero-order valence-electron chi connectivity index (χ0n) is 12.9. The van der Waals surface area contributed by atoms with E-state index in [1.807, 2.05) is 36.4 Å². The van der Waals surface area contributed by atoms with Crippen LogP contribution in [0.4, 0.5) is 0 Å². The Bertz CT molecular complexity index is 821. The van der Waals surface area contributed by atoms with Gasteiger partial charge in [-0.1, -0.05) is 24.3 Å². The van der Waals surface area contributed by atoms with Crippen molar-refractivity contribution in [3.05, 3.63) is 60.6 Å². The molecule has 0 saturated carbocycles. The molecule has 0 aliphatic rings. The first-order valence-corrected chi connectivity index (χ1v) is 7.28. The van der Waals surface area contributed by atoms with Gasteiger partial charge in [0.1, 0.15) is 0 Å². The van der Waals surface area contributed by atoms with Crippen molar-refractivity contribution >= 4 is 5.97 Å². The van der Waals surface area contributed by atoms with Crippen LogP contribution in [0.15, 0.2) is 55.0 Å². The lowest BCUT2D eigenvalue weighted by Gasteiger charge is -2.19. The fourth-order valence-corrected chi connectivity index (χ4v) is 2.43. The molecule has 0 aliphatic carbocycles. The largest absolute Gasteiger partial charge is 0.481 e. The minimum absolute atomic E-state index is 0.764. The van der Waals surface area contributed by atoms with Gasteiger partial charge in [0.2, 0.25) is 0 Å². The van der Waals surface area contributed by atoms with E-state index in [1.54, 1.807) is 32.4 Å². The number of benzene rings is 1. The summed E-state index contributed by atoms with van der Waals surface area (Å²) >= 11 is 0. The van der Waals surface area contributed by atoms with Crippen LogP contribution in [0.5, 0.6) is 0 Å². The lowest BCUT2D eigenvalue weighted by atomic mass is 9.84. The van der Waals surface area contributed by atoms with Crippen LogP contribution in [0.2, 0.25) is 0 Å². The highest BCUT2D eigenvalue weighted by molar-refractivity contribution is 5.82. The number of hydrogen-bond donors (Lipinski definition) is 2. The highest BCUT2D eigenvalue weighted by Crippen LogP contribution is 2.31. The average Bonchev–Trinajstić information content (AvgIpc) is 3.05. The fourth-order valence-electron chi connectivity index (χ4n) is 2.43. The molecule has 0 amide bonds. The summed E-state index contributed by atoms with van der Waals surface area (Å²) in [4.78, 5) is 15.5. The van der Waals surface area contributed by atoms with E-state index < -0.39 is 11.4 Å². The number of carboxylic acids is 1. The van der Waals surface area contributed by atoms with Crippen LogP contribution in [-0.2, 0) is 10.2 Å². The third kappa shape index (κ3) is 2.73. The third-order valence-corrected chi connectivity index (χ3v) is 4.04. The van der Waals surface area contributed by atoms with Crippen molar-refractivity contribution in [1.29, 1.82) is 0 Å². The second-order valence-electron chi connectivity index (χ2n) is 5.91. The van der Waals surface area contributed by atoms with E-state index in [1.165, 1.54) is 0 Å². The molecule has 0 atom stereocenters. The number of hydrogen-bond acceptors (Lipinski definition) is 3. The smallest absolute Gasteiger partial charge is 0.313 e. The zero-order chi connectivity index (χ0) is 16.4. The summed E-state index contributed by atoms with van der Waals surface area (Å²) in [5, 5.41) is 16.4. The lowest BCUT2D eigenvalue weighted by Crippen LogP contribution is -2.28. The number of aromatic amines is 1. The Morgan fingerprint density at radius 3 is 2.43 bits per heavy atom. The van der Waals surface area contributed by atoms with E-state index in [-0.39, 0.29) is 0 Å². The maximum atomic E-state index is 11.4. The number of carbonyl (C=O) groups is 1. The molecule has 2 heterocycles. The molecule has 0 fully saturated rings. The summed E-state index contributed by atoms with van der Waals surface area (Å²) in [7, 11) is 0. The van der Waals surface area contributed by atoms with E-state index in [0.29, 0.717) is 0 Å². The van der Waals surface area contributed by atoms with Gasteiger partial charge in [-0.15, -0.1) is 0 Å². The van der Waals surface area contributed by atoms with Crippen LogP contribution in [0, 0.1) is 0 Å². The van der Waals surface area contributed by atoms with Crippen LogP contribution in [0.1, 0.15) is 19.4 Å². The van der Waals surface area contributed by atoms with E-state index in [9.17, 15) is 9.90 Å². The number of rotatable bonds is 4. The Hall–Kier alpha value is -2.95. The summed E-state index contributed by atoms with van der Waals surface area (Å²) in [6, 6.07) is 11.4. The van der Waals surface area contributed by atoms with Gasteiger partial charge in [0.05, 0.1) is 17.3 Å². The number of aromatic nitrogens is 3. The first kappa shape index (κ1) is 15.0. The van der Waals surface area contributed by atoms with E-state index in [0.717, 1.165) is 27.9 Å². The Labute approximate surface area is 134 Å². The van der Waals surface area contributed by atoms with E-state index >= 15 is 0 Å². The normalized spacial score (nSPS) is 11.4. The minimum atomic E-state index is -0.916. The topological polar surface area (TPSA) is 78.9 Å². The van der Waals surface area contributed by atoms with Crippen LogP contribution < -0.4 is 0 Å². The number of nitrogens with one attached hydrogen (secondary N) is 1. The molecule has 0 spiro atoms. The first-order valence-electron chi connectivity index (χ1n) is 7.28. The minimum Gasteiger partial charge on any atom is -0.481 e. The van der Waals surface area contributed by atoms with Gasteiger partial charge in [-0.05, 0) is 37.1 Å². The third-order valence-electron chi connectivity index (χ3n) is 4.04. The number of nitrogens with zero attached hydrogens (tertiary/aromatic N) is 2. The van der Waals surface area contributed by atoms with Gasteiger partial charge in [-0.3, -0.25) is 14.9 Å². The molecule has 116 valence electrons. The Kier molecular flexibility index (Phi) is 3.70. The van der Waals surface area contributed by atoms with Gasteiger partial charge >= 0.3 is 5.97 Å². The van der Waals surface area contributed by atoms with Gasteiger partial charge in [-0.25, -0.2) is 0 Å². The molecule has 0 radical (unpaired) electrons. The summed E-state index contributed by atoms with van der Waals surface area (Å²) in [6.45, 7) is 3.40. The molecule has 1 aromatic carbocycles. The van der Waals surface area contributed by atoms with Crippen LogP contribution in [-0.4, -0.2) is 26.3 Å². The Balaban J connectivity index is 1.99. The van der Waals surface area contributed by atoms with Crippen molar-refractivity contribution in [3.8, 4) is 22.4 Å². The highest BCUT2D eigenvalue weighted by Gasteiger charge is 2.29. The number of carboxylic acid groups (broad SMARTS) is 1. The molecule has 5 nitrogen and oxygen atoms in total. The van der Waals surface area contributed by atoms with Crippen molar-refractivity contribution in [2.75, 3.05) is 0 Å². The predicted molar refractivity (Wildman–Crippen MR) is 87.9 cm³/mol. The Morgan fingerprint density at radius 1 is 1.09 bits per heavy atom. The van der Waals surface area contributed by atoms with Crippen LogP contribution >= 0.6 is 0 Å². The number of H-pyrrole nitrogens is 1. The summed E-state index contributed by atoms with van der Waals surface area (Å²) in [5.74, 6) is -0.843. The van der Waals surface area contributed by atoms with Gasteiger partial charge in [-0.2, -0.15) is 5.10 Å². The summed E-state index contributed by atoms with van der Waals surface area (Å²) in [5.41, 5.74) is 3.62. The second-order valence-corrected chi connectivity index (χ2v) is 5.91. The van der Waals surface area contributed by atoms with Gasteiger partial charge in [0, 0.05) is 23.5 Å². The van der Waals surface area contributed by atoms with Crippen LogP contribution in [0.25, 0.3) is 22.4 Å². The molecule has 5 heteroatoms. The molecule has 0 unspecified atom stereocenters. The SMILES string of the molecule is CC(C)(C(=O)O)c1ccc(-c2cn[nH]c2-c2cccnc2)cc1. The maximum absolute atomic E-state index is 11.4. The molecule has 3 rings (SSSR count). The molecule has 0 aliphatic heterocycles. The maximum Gasteiger partial charge on any atom is 0.313 e. The summed E-state index contributed by atoms with van der Waals surface area (Å²) < 4.78 is 0. The van der Waals surface area contributed by atoms with Crippen LogP contribution in [0.3, 0.4) is 0 Å². The number of aliphatic carboxylic acids is 1. The van der Waals surface area contributed by atoms with Gasteiger partial charge in [0.15, 0.2) is 0 Å². The van der Waals surface area contributed by atoms with Gasteiger partial charge in [0.25, 0.3) is 0 Å². The fraction of sp³-hybridized carbons (Fsp3) is 0.167. The molecular formula is C18H17N3O2. The van der Waals surface area contributed by atoms with Crippen molar-refractivity contribution in [1.82, 2.24) is 15.2 Å². The van der Waals surface area contributed by atoms with Crippen molar-refractivity contribution in [3.63, 3.8) is 0 Å². The monoisotopic (exact) mass is 307 g/mol. The molecule has 3 aromatic rings. The molecule has 0 bridgehead atoms. The zero-order valence-corrected chi connectivity index (χ0v) is 12.9.